The average Bonchev–Trinajstić information content (AvgIpc) is 3.38. The van der Waals surface area contributed by atoms with Gasteiger partial charge in [-0.05, 0) is 30.7 Å². The Morgan fingerprint density at radius 1 is 1.25 bits per heavy atom. The fourth-order valence-corrected chi connectivity index (χ4v) is 4.11. The van der Waals surface area contributed by atoms with E-state index >= 15 is 0 Å². The maximum Gasteiger partial charge on any atom is 0.293 e. The number of aryl methyl sites for hydroxylation is 1. The Bertz CT molecular complexity index is 1260. The van der Waals surface area contributed by atoms with Crippen molar-refractivity contribution in [3.63, 3.8) is 0 Å². The predicted octanol–water partition coefficient (Wildman–Crippen LogP) is 4.61. The molecule has 0 atom stereocenters. The average molecular weight is 389 g/mol. The summed E-state index contributed by atoms with van der Waals surface area (Å²) < 4.78 is 5.71. The number of hydrogen-bond acceptors (Lipinski definition) is 5. The van der Waals surface area contributed by atoms with E-state index in [-0.39, 0.29) is 11.8 Å². The molecule has 5 rings (SSSR count). The second-order valence-electron chi connectivity index (χ2n) is 6.64. The Hall–Kier alpha value is -3.45. The van der Waals surface area contributed by atoms with E-state index in [0.29, 0.717) is 22.9 Å². The van der Waals surface area contributed by atoms with Gasteiger partial charge in [0, 0.05) is 27.6 Å². The third-order valence-electron chi connectivity index (χ3n) is 4.80. The van der Waals surface area contributed by atoms with Gasteiger partial charge in [-0.25, -0.2) is 4.98 Å². The van der Waals surface area contributed by atoms with E-state index in [4.69, 9.17) is 4.42 Å². The highest BCUT2D eigenvalue weighted by atomic mass is 32.1. The summed E-state index contributed by atoms with van der Waals surface area (Å²) in [5.74, 6) is -0.0296. The van der Waals surface area contributed by atoms with Gasteiger partial charge in [0.2, 0.25) is 5.91 Å². The zero-order valence-electron chi connectivity index (χ0n) is 14.9. The third-order valence-corrected chi connectivity index (χ3v) is 5.56. The van der Waals surface area contributed by atoms with Crippen LogP contribution in [-0.4, -0.2) is 16.8 Å². The molecule has 3 heterocycles. The van der Waals surface area contributed by atoms with Crippen LogP contribution >= 0.6 is 11.3 Å². The van der Waals surface area contributed by atoms with Crippen molar-refractivity contribution in [3.05, 3.63) is 64.7 Å². The molecule has 0 radical (unpaired) electrons. The lowest BCUT2D eigenvalue weighted by Gasteiger charge is -2.02. The summed E-state index contributed by atoms with van der Waals surface area (Å²) in [6.45, 7) is 1.87. The molecule has 28 heavy (non-hydrogen) atoms. The minimum absolute atomic E-state index is 0.000384. The molecule has 2 amide bonds. The van der Waals surface area contributed by atoms with E-state index in [2.05, 4.69) is 15.6 Å². The number of nitrogens with zero attached hydrogens (tertiary/aromatic N) is 1. The predicted molar refractivity (Wildman–Crippen MR) is 109 cm³/mol. The fraction of sp³-hybridized carbons (Fsp3) is 0.0952. The Morgan fingerprint density at radius 2 is 2.11 bits per heavy atom. The summed E-state index contributed by atoms with van der Waals surface area (Å²) in [6, 6.07) is 13.3. The summed E-state index contributed by atoms with van der Waals surface area (Å²) >= 11 is 1.35. The van der Waals surface area contributed by atoms with Crippen molar-refractivity contribution in [2.24, 2.45) is 0 Å². The van der Waals surface area contributed by atoms with Gasteiger partial charge in [0.1, 0.15) is 5.58 Å². The van der Waals surface area contributed by atoms with E-state index in [1.807, 2.05) is 54.8 Å². The highest BCUT2D eigenvalue weighted by molar-refractivity contribution is 7.14. The number of para-hydroxylation sites is 1. The molecular weight excluding hydrogens is 374 g/mol. The van der Waals surface area contributed by atoms with Crippen LogP contribution in [0.25, 0.3) is 22.2 Å². The van der Waals surface area contributed by atoms with Crippen molar-refractivity contribution in [3.8, 4) is 11.3 Å². The van der Waals surface area contributed by atoms with E-state index in [1.165, 1.54) is 11.3 Å². The summed E-state index contributed by atoms with van der Waals surface area (Å²) in [7, 11) is 0. The molecule has 0 saturated heterocycles. The van der Waals surface area contributed by atoms with Gasteiger partial charge in [0.15, 0.2) is 10.9 Å². The second kappa shape index (κ2) is 6.31. The normalized spacial score (nSPS) is 12.8. The Balaban J connectivity index is 1.39. The zero-order valence-corrected chi connectivity index (χ0v) is 15.7. The molecule has 7 heteroatoms. The molecule has 2 N–H and O–H groups in total. The van der Waals surface area contributed by atoms with Crippen LogP contribution in [0.2, 0.25) is 0 Å². The van der Waals surface area contributed by atoms with Gasteiger partial charge in [0.05, 0.1) is 12.1 Å². The van der Waals surface area contributed by atoms with Crippen molar-refractivity contribution in [2.45, 2.75) is 13.3 Å². The highest BCUT2D eigenvalue weighted by Crippen LogP contribution is 2.31. The van der Waals surface area contributed by atoms with Crippen molar-refractivity contribution in [1.82, 2.24) is 4.98 Å². The molecule has 4 aromatic rings. The first-order valence-corrected chi connectivity index (χ1v) is 9.64. The Morgan fingerprint density at radius 3 is 2.96 bits per heavy atom. The van der Waals surface area contributed by atoms with Crippen molar-refractivity contribution in [2.75, 3.05) is 10.6 Å². The molecule has 0 bridgehead atoms. The van der Waals surface area contributed by atoms with E-state index in [0.717, 1.165) is 33.5 Å². The minimum atomic E-state index is -0.321. The Labute approximate surface area is 164 Å². The lowest BCUT2D eigenvalue weighted by Crippen LogP contribution is -2.11. The van der Waals surface area contributed by atoms with Crippen molar-refractivity contribution >= 4 is 44.9 Å². The molecule has 2 aromatic heterocycles. The number of thiazole rings is 1. The largest absolute Gasteiger partial charge is 0.451 e. The first kappa shape index (κ1) is 16.7. The van der Waals surface area contributed by atoms with Crippen molar-refractivity contribution < 1.29 is 14.0 Å². The summed E-state index contributed by atoms with van der Waals surface area (Å²) in [5.41, 5.74) is 4.96. The number of carbonyl (C=O) groups is 2. The van der Waals surface area contributed by atoms with Gasteiger partial charge in [0.25, 0.3) is 5.91 Å². The molecule has 0 aliphatic carbocycles. The number of furan rings is 1. The van der Waals surface area contributed by atoms with Gasteiger partial charge < -0.3 is 9.73 Å². The van der Waals surface area contributed by atoms with Gasteiger partial charge in [-0.1, -0.05) is 24.3 Å². The topological polar surface area (TPSA) is 84.2 Å². The zero-order chi connectivity index (χ0) is 19.3. The third kappa shape index (κ3) is 2.76. The van der Waals surface area contributed by atoms with Crippen LogP contribution < -0.4 is 10.6 Å². The minimum Gasteiger partial charge on any atom is -0.451 e. The summed E-state index contributed by atoms with van der Waals surface area (Å²) in [6.07, 6.45) is 0.377. The van der Waals surface area contributed by atoms with Crippen LogP contribution in [0.15, 0.2) is 52.3 Å². The maximum atomic E-state index is 12.7. The molecule has 0 saturated carbocycles. The SMILES string of the molecule is Cc1c(C(=O)Nc2nc(-c3ccc4c(c3)CC(=O)N4)cs2)oc2ccccc12. The second-order valence-corrected chi connectivity index (χ2v) is 7.50. The monoisotopic (exact) mass is 389 g/mol. The molecule has 1 aliphatic heterocycles. The molecule has 2 aromatic carbocycles. The van der Waals surface area contributed by atoms with Crippen LogP contribution in [0.4, 0.5) is 10.8 Å². The van der Waals surface area contributed by atoms with E-state index in [9.17, 15) is 9.59 Å². The van der Waals surface area contributed by atoms with E-state index in [1.54, 1.807) is 0 Å². The highest BCUT2D eigenvalue weighted by Gasteiger charge is 2.20. The van der Waals surface area contributed by atoms with Crippen molar-refractivity contribution in [1.29, 1.82) is 0 Å². The smallest absolute Gasteiger partial charge is 0.293 e. The molecular formula is C21H15N3O3S. The molecule has 0 fully saturated rings. The summed E-state index contributed by atoms with van der Waals surface area (Å²) in [5, 5.41) is 8.94. The number of benzene rings is 2. The van der Waals surface area contributed by atoms with Gasteiger partial charge in [-0.3, -0.25) is 14.9 Å². The number of aromatic nitrogens is 1. The quantitative estimate of drug-likeness (QED) is 0.536. The Kier molecular flexibility index (Phi) is 3.77. The number of hydrogen-bond donors (Lipinski definition) is 2. The van der Waals surface area contributed by atoms with Crippen LogP contribution in [-0.2, 0) is 11.2 Å². The molecule has 0 unspecified atom stereocenters. The molecule has 6 nitrogen and oxygen atoms in total. The molecule has 1 aliphatic rings. The fourth-order valence-electron chi connectivity index (χ4n) is 3.40. The molecule has 138 valence electrons. The number of anilines is 2. The lowest BCUT2D eigenvalue weighted by molar-refractivity contribution is -0.115. The number of nitrogens with one attached hydrogen (secondary N) is 2. The van der Waals surface area contributed by atoms with Crippen LogP contribution in [0.3, 0.4) is 0 Å². The van der Waals surface area contributed by atoms with Gasteiger partial charge in [-0.2, -0.15) is 0 Å². The van der Waals surface area contributed by atoms with Gasteiger partial charge >= 0.3 is 0 Å². The van der Waals surface area contributed by atoms with Crippen LogP contribution in [0.1, 0.15) is 21.7 Å². The number of carbonyl (C=O) groups excluding carboxylic acids is 2. The summed E-state index contributed by atoms with van der Waals surface area (Å²) in [4.78, 5) is 28.7. The first-order chi connectivity index (χ1) is 13.6. The van der Waals surface area contributed by atoms with Gasteiger partial charge in [-0.15, -0.1) is 11.3 Å². The first-order valence-electron chi connectivity index (χ1n) is 8.76. The number of amides is 2. The number of fused-ring (bicyclic) bond motifs is 2. The van der Waals surface area contributed by atoms with E-state index < -0.39 is 0 Å². The standard InChI is InChI=1S/C21H15N3O3S/c1-11-14-4-2-3-5-17(14)27-19(11)20(26)24-21-23-16(10-28-21)12-6-7-15-13(8-12)9-18(25)22-15/h2-8,10H,9H2,1H3,(H,22,25)(H,23,24,26). The number of rotatable bonds is 3. The molecule has 0 spiro atoms. The lowest BCUT2D eigenvalue weighted by atomic mass is 10.1. The maximum absolute atomic E-state index is 12.7. The van der Waals surface area contributed by atoms with Crippen LogP contribution in [0.5, 0.6) is 0 Å². The van der Waals surface area contributed by atoms with Crippen LogP contribution in [0, 0.1) is 6.92 Å².